The van der Waals surface area contributed by atoms with Gasteiger partial charge in [0.2, 0.25) is 5.88 Å². The summed E-state index contributed by atoms with van der Waals surface area (Å²) >= 11 is 0. The zero-order valence-electron chi connectivity index (χ0n) is 14.5. The van der Waals surface area contributed by atoms with Crippen LogP contribution in [0.25, 0.3) is 0 Å². The zero-order valence-corrected chi connectivity index (χ0v) is 14.5. The van der Waals surface area contributed by atoms with Crippen LogP contribution in [0.3, 0.4) is 0 Å². The molecule has 5 nitrogen and oxygen atoms in total. The summed E-state index contributed by atoms with van der Waals surface area (Å²) in [6, 6.07) is 5.69. The molecule has 2 fully saturated rings. The van der Waals surface area contributed by atoms with Gasteiger partial charge in [0.25, 0.3) is 0 Å². The van der Waals surface area contributed by atoms with E-state index in [9.17, 15) is 4.79 Å². The summed E-state index contributed by atoms with van der Waals surface area (Å²) < 4.78 is 16.4. The van der Waals surface area contributed by atoms with Gasteiger partial charge in [0.15, 0.2) is 0 Å². The standard InChI is InChI=1S/C19H27NO4/c1-22-18(21)19(10-12-23-13-11-19)16-8-5-9-17(20-16)24-14-15-6-3-2-4-7-15/h5,8-9,15H,2-4,6-7,10-14H2,1H3. The van der Waals surface area contributed by atoms with E-state index in [4.69, 9.17) is 14.2 Å². The number of carbonyl (C=O) groups is 1. The Bertz CT molecular complexity index is 548. The summed E-state index contributed by atoms with van der Waals surface area (Å²) in [6.07, 6.45) is 7.61. The number of carbonyl (C=O) groups excluding carboxylic acids is 1. The Hall–Kier alpha value is -1.62. The van der Waals surface area contributed by atoms with Crippen LogP contribution in [0.15, 0.2) is 18.2 Å². The quantitative estimate of drug-likeness (QED) is 0.774. The van der Waals surface area contributed by atoms with Gasteiger partial charge in [-0.25, -0.2) is 4.98 Å². The fourth-order valence-electron chi connectivity index (χ4n) is 3.80. The third-order valence-corrected chi connectivity index (χ3v) is 5.33. The number of esters is 1. The smallest absolute Gasteiger partial charge is 0.318 e. The van der Waals surface area contributed by atoms with E-state index in [0.29, 0.717) is 44.5 Å². The predicted octanol–water partition coefficient (Wildman–Crippen LogP) is 3.26. The molecule has 5 heteroatoms. The van der Waals surface area contributed by atoms with Crippen LogP contribution in [-0.4, -0.2) is 37.9 Å². The average molecular weight is 333 g/mol. The molecule has 0 amide bonds. The lowest BCUT2D eigenvalue weighted by Crippen LogP contribution is -2.42. The van der Waals surface area contributed by atoms with E-state index in [2.05, 4.69) is 4.98 Å². The molecule has 1 saturated heterocycles. The van der Waals surface area contributed by atoms with Crippen LogP contribution in [0, 0.1) is 5.92 Å². The number of pyridine rings is 1. The highest BCUT2D eigenvalue weighted by atomic mass is 16.5. The molecule has 132 valence electrons. The second-order valence-electron chi connectivity index (χ2n) is 6.86. The molecule has 1 aliphatic heterocycles. The Labute approximate surface area is 143 Å². The molecule has 0 aromatic carbocycles. The maximum atomic E-state index is 12.4. The maximum Gasteiger partial charge on any atom is 0.318 e. The summed E-state index contributed by atoms with van der Waals surface area (Å²) in [4.78, 5) is 17.1. The van der Waals surface area contributed by atoms with Crippen LogP contribution >= 0.6 is 0 Å². The van der Waals surface area contributed by atoms with Gasteiger partial charge in [-0.3, -0.25) is 4.79 Å². The molecule has 1 saturated carbocycles. The summed E-state index contributed by atoms with van der Waals surface area (Å²) in [5.41, 5.74) is 0.0239. The van der Waals surface area contributed by atoms with Crippen LogP contribution in [0.1, 0.15) is 50.6 Å². The predicted molar refractivity (Wildman–Crippen MR) is 90.1 cm³/mol. The zero-order chi connectivity index (χ0) is 16.8. The molecule has 1 aliphatic carbocycles. The molecule has 1 aromatic heterocycles. The molecule has 0 radical (unpaired) electrons. The molecule has 24 heavy (non-hydrogen) atoms. The van der Waals surface area contributed by atoms with Gasteiger partial charge in [0.1, 0.15) is 5.41 Å². The Balaban J connectivity index is 1.73. The maximum absolute atomic E-state index is 12.4. The number of aromatic nitrogens is 1. The van der Waals surface area contributed by atoms with E-state index in [1.54, 1.807) is 0 Å². The van der Waals surface area contributed by atoms with Crippen molar-refractivity contribution in [2.75, 3.05) is 26.9 Å². The second-order valence-corrected chi connectivity index (χ2v) is 6.86. The first-order chi connectivity index (χ1) is 11.7. The van der Waals surface area contributed by atoms with Gasteiger partial charge in [-0.2, -0.15) is 0 Å². The van der Waals surface area contributed by atoms with Crippen molar-refractivity contribution in [2.45, 2.75) is 50.4 Å². The van der Waals surface area contributed by atoms with Crippen LogP contribution in [0.2, 0.25) is 0 Å². The van der Waals surface area contributed by atoms with Crippen molar-refractivity contribution in [3.8, 4) is 5.88 Å². The number of rotatable bonds is 5. The molecule has 0 unspecified atom stereocenters. The van der Waals surface area contributed by atoms with Gasteiger partial charge in [0.05, 0.1) is 19.4 Å². The van der Waals surface area contributed by atoms with Crippen molar-refractivity contribution >= 4 is 5.97 Å². The summed E-state index contributed by atoms with van der Waals surface area (Å²) in [6.45, 7) is 1.80. The first-order valence-electron chi connectivity index (χ1n) is 9.01. The topological polar surface area (TPSA) is 57.7 Å². The van der Waals surface area contributed by atoms with Crippen molar-refractivity contribution in [3.63, 3.8) is 0 Å². The number of nitrogens with zero attached hydrogens (tertiary/aromatic N) is 1. The van der Waals surface area contributed by atoms with Gasteiger partial charge in [-0.1, -0.05) is 25.3 Å². The molecule has 3 rings (SSSR count). The molecule has 0 atom stereocenters. The molecule has 0 spiro atoms. The third kappa shape index (κ3) is 3.72. The lowest BCUT2D eigenvalue weighted by atomic mass is 9.77. The molecule has 0 N–H and O–H groups in total. The normalized spacial score (nSPS) is 21.2. The SMILES string of the molecule is COC(=O)C1(c2cccc(OCC3CCCCC3)n2)CCOCC1. The lowest BCUT2D eigenvalue weighted by molar-refractivity contribution is -0.151. The van der Waals surface area contributed by atoms with Gasteiger partial charge < -0.3 is 14.2 Å². The highest BCUT2D eigenvalue weighted by molar-refractivity contribution is 5.82. The molecular formula is C19H27NO4. The minimum Gasteiger partial charge on any atom is -0.477 e. The van der Waals surface area contributed by atoms with Crippen LogP contribution in [0.4, 0.5) is 0 Å². The Morgan fingerprint density at radius 1 is 1.25 bits per heavy atom. The Morgan fingerprint density at radius 2 is 2.00 bits per heavy atom. The van der Waals surface area contributed by atoms with E-state index in [0.717, 1.165) is 5.69 Å². The first-order valence-corrected chi connectivity index (χ1v) is 9.01. The summed E-state index contributed by atoms with van der Waals surface area (Å²) in [5, 5.41) is 0. The monoisotopic (exact) mass is 333 g/mol. The molecule has 0 bridgehead atoms. The molecule has 2 aliphatic rings. The van der Waals surface area contributed by atoms with Crippen molar-refractivity contribution in [1.82, 2.24) is 4.98 Å². The fraction of sp³-hybridized carbons (Fsp3) is 0.684. The highest BCUT2D eigenvalue weighted by Crippen LogP contribution is 2.36. The second kappa shape index (κ2) is 7.97. The van der Waals surface area contributed by atoms with E-state index < -0.39 is 5.41 Å². The molecule has 2 heterocycles. The number of hydrogen-bond acceptors (Lipinski definition) is 5. The van der Waals surface area contributed by atoms with E-state index in [1.165, 1.54) is 39.2 Å². The van der Waals surface area contributed by atoms with Crippen LogP contribution in [0.5, 0.6) is 5.88 Å². The lowest BCUT2D eigenvalue weighted by Gasteiger charge is -2.34. The third-order valence-electron chi connectivity index (χ3n) is 5.33. The van der Waals surface area contributed by atoms with Gasteiger partial charge >= 0.3 is 5.97 Å². The average Bonchev–Trinajstić information content (AvgIpc) is 2.67. The van der Waals surface area contributed by atoms with Gasteiger partial charge in [-0.15, -0.1) is 0 Å². The van der Waals surface area contributed by atoms with E-state index in [1.807, 2.05) is 18.2 Å². The minimum atomic E-state index is -0.711. The summed E-state index contributed by atoms with van der Waals surface area (Å²) in [5.74, 6) is 0.998. The Morgan fingerprint density at radius 3 is 2.71 bits per heavy atom. The Kier molecular flexibility index (Phi) is 5.72. The highest BCUT2D eigenvalue weighted by Gasteiger charge is 2.44. The van der Waals surface area contributed by atoms with Crippen molar-refractivity contribution in [2.24, 2.45) is 5.92 Å². The van der Waals surface area contributed by atoms with Crippen molar-refractivity contribution in [3.05, 3.63) is 23.9 Å². The van der Waals surface area contributed by atoms with Gasteiger partial charge in [-0.05, 0) is 37.7 Å². The largest absolute Gasteiger partial charge is 0.477 e. The molecular weight excluding hydrogens is 306 g/mol. The number of ether oxygens (including phenoxy) is 3. The summed E-state index contributed by atoms with van der Waals surface area (Å²) in [7, 11) is 1.43. The van der Waals surface area contributed by atoms with E-state index >= 15 is 0 Å². The van der Waals surface area contributed by atoms with Crippen molar-refractivity contribution < 1.29 is 19.0 Å². The fourth-order valence-corrected chi connectivity index (χ4v) is 3.80. The van der Waals surface area contributed by atoms with Crippen molar-refractivity contribution in [1.29, 1.82) is 0 Å². The number of methoxy groups -OCH3 is 1. The van der Waals surface area contributed by atoms with Gasteiger partial charge in [0, 0.05) is 19.3 Å². The van der Waals surface area contributed by atoms with Crippen LogP contribution < -0.4 is 4.74 Å². The van der Waals surface area contributed by atoms with Crippen LogP contribution in [-0.2, 0) is 19.7 Å². The first kappa shape index (κ1) is 17.2. The molecule has 1 aromatic rings. The minimum absolute atomic E-state index is 0.234. The van der Waals surface area contributed by atoms with E-state index in [-0.39, 0.29) is 5.97 Å². The number of hydrogen-bond donors (Lipinski definition) is 0.